The van der Waals surface area contributed by atoms with Crippen LogP contribution in [0.3, 0.4) is 0 Å². The summed E-state index contributed by atoms with van der Waals surface area (Å²) in [5.41, 5.74) is 3.94. The highest BCUT2D eigenvalue weighted by atomic mass is 16.5. The average molecular weight is 349 g/mol. The molecule has 132 valence electrons. The van der Waals surface area contributed by atoms with E-state index in [1.165, 1.54) is 0 Å². The Morgan fingerprint density at radius 3 is 2.73 bits per heavy atom. The van der Waals surface area contributed by atoms with Crippen LogP contribution < -0.4 is 9.64 Å². The zero-order valence-corrected chi connectivity index (χ0v) is 15.1. The third-order valence-corrected chi connectivity index (χ3v) is 4.65. The molecule has 0 radical (unpaired) electrons. The van der Waals surface area contributed by atoms with Crippen molar-refractivity contribution in [2.75, 3.05) is 12.0 Å². The summed E-state index contributed by atoms with van der Waals surface area (Å²) in [6, 6.07) is 5.45. The molecule has 0 aliphatic carbocycles. The lowest BCUT2D eigenvalue weighted by Crippen LogP contribution is -2.27. The van der Waals surface area contributed by atoms with Gasteiger partial charge in [-0.25, -0.2) is 4.98 Å². The molecule has 4 heterocycles. The molecule has 0 bridgehead atoms. The van der Waals surface area contributed by atoms with Crippen molar-refractivity contribution < 1.29 is 9.53 Å². The molecule has 3 aromatic heterocycles. The normalized spacial score (nSPS) is 16.1. The van der Waals surface area contributed by atoms with E-state index in [2.05, 4.69) is 10.1 Å². The Labute approximate surface area is 151 Å². The van der Waals surface area contributed by atoms with Crippen molar-refractivity contribution in [2.24, 2.45) is 7.05 Å². The minimum Gasteiger partial charge on any atom is -0.495 e. The van der Waals surface area contributed by atoms with Crippen LogP contribution in [0.25, 0.3) is 11.3 Å². The quantitative estimate of drug-likeness (QED) is 0.727. The van der Waals surface area contributed by atoms with Crippen LogP contribution in [0.2, 0.25) is 0 Å². The highest BCUT2D eigenvalue weighted by Crippen LogP contribution is 2.38. The van der Waals surface area contributed by atoms with Gasteiger partial charge >= 0.3 is 0 Å². The third-order valence-electron chi connectivity index (χ3n) is 4.65. The third kappa shape index (κ3) is 2.44. The second-order valence-corrected chi connectivity index (χ2v) is 6.40. The van der Waals surface area contributed by atoms with E-state index < -0.39 is 0 Å². The minimum absolute atomic E-state index is 0.0634. The Bertz CT molecular complexity index is 1010. The topological polar surface area (TPSA) is 73.1 Å². The zero-order valence-electron chi connectivity index (χ0n) is 15.1. The Morgan fingerprint density at radius 1 is 1.23 bits per heavy atom. The molecule has 0 fully saturated rings. The van der Waals surface area contributed by atoms with Gasteiger partial charge in [-0.05, 0) is 31.5 Å². The second kappa shape index (κ2) is 5.94. The van der Waals surface area contributed by atoms with Crippen molar-refractivity contribution in [2.45, 2.75) is 19.9 Å². The van der Waals surface area contributed by atoms with Gasteiger partial charge in [-0.15, -0.1) is 0 Å². The maximum Gasteiger partial charge on any atom is 0.262 e. The van der Waals surface area contributed by atoms with Crippen LogP contribution in [0.15, 0.2) is 36.8 Å². The Hall–Kier alpha value is -3.22. The van der Waals surface area contributed by atoms with Crippen LogP contribution in [0.5, 0.6) is 5.75 Å². The summed E-state index contributed by atoms with van der Waals surface area (Å²) in [6.45, 7) is 3.91. The van der Waals surface area contributed by atoms with Gasteiger partial charge in [0.15, 0.2) is 5.82 Å². The van der Waals surface area contributed by atoms with Crippen molar-refractivity contribution in [3.63, 3.8) is 0 Å². The summed E-state index contributed by atoms with van der Waals surface area (Å²) in [6.07, 6.45) is 5.22. The number of rotatable bonds is 3. The number of carbonyl (C=O) groups excluding carboxylic acids is 1. The van der Waals surface area contributed by atoms with Crippen LogP contribution in [-0.2, 0) is 7.05 Å². The van der Waals surface area contributed by atoms with E-state index >= 15 is 0 Å². The predicted molar refractivity (Wildman–Crippen MR) is 97.2 cm³/mol. The zero-order chi connectivity index (χ0) is 18.4. The number of anilines is 1. The first-order chi connectivity index (χ1) is 12.5. The molecule has 0 N–H and O–H groups in total. The molecule has 7 heteroatoms. The Kier molecular flexibility index (Phi) is 3.72. The van der Waals surface area contributed by atoms with E-state index in [-0.39, 0.29) is 11.9 Å². The number of hydrogen-bond donors (Lipinski definition) is 0. The largest absolute Gasteiger partial charge is 0.495 e. The van der Waals surface area contributed by atoms with Gasteiger partial charge in [-0.1, -0.05) is 0 Å². The van der Waals surface area contributed by atoms with Gasteiger partial charge in [-0.2, -0.15) is 5.10 Å². The fraction of sp³-hybridized carbons (Fsp3) is 0.263. The number of fused-ring (bicyclic) bond motifs is 1. The number of methoxy groups -OCH3 is 1. The Morgan fingerprint density at radius 2 is 2.04 bits per heavy atom. The lowest BCUT2D eigenvalue weighted by molar-refractivity contribution is 0.0991. The molecule has 26 heavy (non-hydrogen) atoms. The molecule has 1 atom stereocenters. The molecule has 0 spiro atoms. The van der Waals surface area contributed by atoms with E-state index in [0.717, 1.165) is 22.5 Å². The highest BCUT2D eigenvalue weighted by Gasteiger charge is 2.39. The molecule has 1 aliphatic heterocycles. The van der Waals surface area contributed by atoms with Gasteiger partial charge in [0.2, 0.25) is 0 Å². The summed E-state index contributed by atoms with van der Waals surface area (Å²) in [7, 11) is 3.44. The molecular formula is C19H19N5O2. The standard InChI is InChI=1S/C19H19N5O2/c1-11-7-15(13-8-14(26-4)10-20-9-13)21-18-12(2)24(19(25)17(11)18)16-5-6-23(3)22-16/h5-10,12H,1-4H3. The summed E-state index contributed by atoms with van der Waals surface area (Å²) in [4.78, 5) is 23.7. The Balaban J connectivity index is 1.81. The van der Waals surface area contributed by atoms with Gasteiger partial charge in [0, 0.05) is 31.1 Å². The fourth-order valence-corrected chi connectivity index (χ4v) is 3.35. The van der Waals surface area contributed by atoms with E-state index in [1.54, 1.807) is 29.1 Å². The first-order valence-electron chi connectivity index (χ1n) is 8.33. The first kappa shape index (κ1) is 16.3. The van der Waals surface area contributed by atoms with Gasteiger partial charge in [0.1, 0.15) is 5.75 Å². The molecular weight excluding hydrogens is 330 g/mol. The molecule has 0 saturated heterocycles. The van der Waals surface area contributed by atoms with Crippen LogP contribution >= 0.6 is 0 Å². The molecule has 0 aromatic carbocycles. The molecule has 1 aliphatic rings. The number of carbonyl (C=O) groups is 1. The van der Waals surface area contributed by atoms with E-state index in [0.29, 0.717) is 17.1 Å². The molecule has 4 rings (SSSR count). The number of hydrogen-bond acceptors (Lipinski definition) is 5. The maximum atomic E-state index is 13.0. The monoisotopic (exact) mass is 349 g/mol. The molecule has 1 amide bonds. The van der Waals surface area contributed by atoms with Crippen molar-refractivity contribution in [1.29, 1.82) is 0 Å². The predicted octanol–water partition coefficient (Wildman–Crippen LogP) is 2.92. The lowest BCUT2D eigenvalue weighted by Gasteiger charge is -2.18. The average Bonchev–Trinajstić information content (AvgIpc) is 3.16. The van der Waals surface area contributed by atoms with Gasteiger partial charge in [0.25, 0.3) is 5.91 Å². The number of pyridine rings is 2. The number of amides is 1. The van der Waals surface area contributed by atoms with Crippen LogP contribution in [0.4, 0.5) is 5.82 Å². The summed E-state index contributed by atoms with van der Waals surface area (Å²) in [5.74, 6) is 1.24. The number of aryl methyl sites for hydroxylation is 2. The maximum absolute atomic E-state index is 13.0. The second-order valence-electron chi connectivity index (χ2n) is 6.40. The summed E-state index contributed by atoms with van der Waals surface area (Å²) >= 11 is 0. The van der Waals surface area contributed by atoms with E-state index in [1.807, 2.05) is 45.3 Å². The van der Waals surface area contributed by atoms with Crippen molar-refractivity contribution in [3.8, 4) is 17.0 Å². The molecule has 0 saturated carbocycles. The van der Waals surface area contributed by atoms with Crippen LogP contribution in [-0.4, -0.2) is 32.8 Å². The van der Waals surface area contributed by atoms with E-state index in [4.69, 9.17) is 9.72 Å². The molecule has 1 unspecified atom stereocenters. The highest BCUT2D eigenvalue weighted by molar-refractivity contribution is 6.11. The van der Waals surface area contributed by atoms with Gasteiger partial charge < -0.3 is 4.74 Å². The smallest absolute Gasteiger partial charge is 0.262 e. The summed E-state index contributed by atoms with van der Waals surface area (Å²) < 4.78 is 6.94. The first-order valence-corrected chi connectivity index (χ1v) is 8.33. The van der Waals surface area contributed by atoms with Crippen LogP contribution in [0.1, 0.15) is 34.6 Å². The van der Waals surface area contributed by atoms with E-state index in [9.17, 15) is 4.79 Å². The van der Waals surface area contributed by atoms with Crippen molar-refractivity contribution in [3.05, 3.63) is 53.6 Å². The molecule has 3 aromatic rings. The number of aromatic nitrogens is 4. The summed E-state index contributed by atoms with van der Waals surface area (Å²) in [5, 5.41) is 4.38. The van der Waals surface area contributed by atoms with Crippen molar-refractivity contribution in [1.82, 2.24) is 19.7 Å². The van der Waals surface area contributed by atoms with Gasteiger partial charge in [0.05, 0.1) is 36.3 Å². The number of ether oxygens (including phenoxy) is 1. The SMILES string of the molecule is COc1cncc(-c2cc(C)c3c(n2)C(C)N(c2ccn(C)n2)C3=O)c1. The van der Waals surface area contributed by atoms with Gasteiger partial charge in [-0.3, -0.25) is 19.4 Å². The lowest BCUT2D eigenvalue weighted by atomic mass is 10.0. The number of nitrogens with zero attached hydrogens (tertiary/aromatic N) is 5. The van der Waals surface area contributed by atoms with Crippen LogP contribution in [0, 0.1) is 6.92 Å². The minimum atomic E-state index is -0.190. The molecule has 7 nitrogen and oxygen atoms in total. The fourth-order valence-electron chi connectivity index (χ4n) is 3.35. The van der Waals surface area contributed by atoms with Crippen molar-refractivity contribution >= 4 is 11.7 Å².